The molecule has 1 aliphatic rings. The standard InChI is InChI=1S/C15H22N2O4/c1-10(2)12-9-11(17-21-12)13(18)16-15(14(19)20)7-5-3-4-6-8-15/h9-10H,3-8H2,1-2H3,(H,16,18)(H,19,20). The van der Waals surface area contributed by atoms with Crippen LogP contribution >= 0.6 is 0 Å². The number of aromatic nitrogens is 1. The Morgan fingerprint density at radius 1 is 1.29 bits per heavy atom. The van der Waals surface area contributed by atoms with E-state index >= 15 is 0 Å². The summed E-state index contributed by atoms with van der Waals surface area (Å²) in [5, 5.41) is 16.0. The molecule has 1 aromatic heterocycles. The first kappa shape index (κ1) is 15.5. The van der Waals surface area contributed by atoms with Gasteiger partial charge in [-0.2, -0.15) is 0 Å². The van der Waals surface area contributed by atoms with E-state index in [0.29, 0.717) is 18.6 Å². The van der Waals surface area contributed by atoms with E-state index in [9.17, 15) is 14.7 Å². The number of rotatable bonds is 4. The van der Waals surface area contributed by atoms with Crippen molar-refractivity contribution >= 4 is 11.9 Å². The van der Waals surface area contributed by atoms with Crippen molar-refractivity contribution in [2.45, 2.75) is 63.8 Å². The van der Waals surface area contributed by atoms with Gasteiger partial charge < -0.3 is 14.9 Å². The van der Waals surface area contributed by atoms with Gasteiger partial charge in [-0.3, -0.25) is 4.79 Å². The maximum atomic E-state index is 12.3. The lowest BCUT2D eigenvalue weighted by atomic mass is 9.90. The summed E-state index contributed by atoms with van der Waals surface area (Å²) >= 11 is 0. The van der Waals surface area contributed by atoms with Gasteiger partial charge in [0.15, 0.2) is 5.69 Å². The molecule has 0 unspecified atom stereocenters. The average molecular weight is 294 g/mol. The summed E-state index contributed by atoms with van der Waals surface area (Å²) in [5.41, 5.74) is -1.03. The lowest BCUT2D eigenvalue weighted by Crippen LogP contribution is -2.54. The maximum absolute atomic E-state index is 12.3. The van der Waals surface area contributed by atoms with Crippen LogP contribution in [0, 0.1) is 0 Å². The van der Waals surface area contributed by atoms with Crippen molar-refractivity contribution in [1.29, 1.82) is 0 Å². The highest BCUT2D eigenvalue weighted by atomic mass is 16.5. The number of carbonyl (C=O) groups is 2. The number of nitrogens with one attached hydrogen (secondary N) is 1. The van der Waals surface area contributed by atoms with Gasteiger partial charge in [0.2, 0.25) is 0 Å². The molecule has 1 amide bonds. The van der Waals surface area contributed by atoms with Crippen LogP contribution in [0.2, 0.25) is 0 Å². The van der Waals surface area contributed by atoms with E-state index in [2.05, 4.69) is 10.5 Å². The molecule has 1 aliphatic carbocycles. The highest BCUT2D eigenvalue weighted by Gasteiger charge is 2.40. The zero-order valence-corrected chi connectivity index (χ0v) is 12.5. The number of hydrogen-bond donors (Lipinski definition) is 2. The zero-order chi connectivity index (χ0) is 15.5. The fourth-order valence-electron chi connectivity index (χ4n) is 2.67. The molecule has 2 N–H and O–H groups in total. The van der Waals surface area contributed by atoms with Gasteiger partial charge >= 0.3 is 5.97 Å². The van der Waals surface area contributed by atoms with E-state index in [-0.39, 0.29) is 11.6 Å². The molecular weight excluding hydrogens is 272 g/mol. The van der Waals surface area contributed by atoms with Gasteiger partial charge in [0, 0.05) is 12.0 Å². The van der Waals surface area contributed by atoms with Crippen LogP contribution in [-0.4, -0.2) is 27.7 Å². The average Bonchev–Trinajstić information content (AvgIpc) is 2.81. The van der Waals surface area contributed by atoms with Crippen molar-refractivity contribution in [3.05, 3.63) is 17.5 Å². The third-order valence-electron chi connectivity index (χ3n) is 4.05. The zero-order valence-electron chi connectivity index (χ0n) is 12.5. The number of amides is 1. The monoisotopic (exact) mass is 294 g/mol. The smallest absolute Gasteiger partial charge is 0.329 e. The Morgan fingerprint density at radius 3 is 2.38 bits per heavy atom. The topological polar surface area (TPSA) is 92.4 Å². The van der Waals surface area contributed by atoms with Crippen LogP contribution in [0.5, 0.6) is 0 Å². The van der Waals surface area contributed by atoms with Crippen LogP contribution in [0.3, 0.4) is 0 Å². The third kappa shape index (κ3) is 3.43. The number of nitrogens with zero attached hydrogens (tertiary/aromatic N) is 1. The minimum atomic E-state index is -1.18. The molecule has 6 nitrogen and oxygen atoms in total. The van der Waals surface area contributed by atoms with Crippen molar-refractivity contribution in [3.63, 3.8) is 0 Å². The van der Waals surface area contributed by atoms with E-state index in [1.165, 1.54) is 0 Å². The van der Waals surface area contributed by atoms with Gasteiger partial charge in [-0.15, -0.1) is 0 Å². The number of carboxylic acid groups (broad SMARTS) is 1. The van der Waals surface area contributed by atoms with Crippen LogP contribution in [-0.2, 0) is 4.79 Å². The second-order valence-corrected chi connectivity index (χ2v) is 6.02. The minimum absolute atomic E-state index is 0.130. The van der Waals surface area contributed by atoms with Crippen LogP contribution in [0.15, 0.2) is 10.6 Å². The van der Waals surface area contributed by atoms with Gasteiger partial charge in [0.05, 0.1) is 0 Å². The van der Waals surface area contributed by atoms with E-state index in [4.69, 9.17) is 4.52 Å². The molecule has 6 heteroatoms. The summed E-state index contributed by atoms with van der Waals surface area (Å²) in [6.45, 7) is 3.87. The quantitative estimate of drug-likeness (QED) is 0.833. The molecule has 1 aromatic rings. The lowest BCUT2D eigenvalue weighted by molar-refractivity contribution is -0.145. The highest BCUT2D eigenvalue weighted by Crippen LogP contribution is 2.28. The fraction of sp³-hybridized carbons (Fsp3) is 0.667. The van der Waals surface area contributed by atoms with Crippen molar-refractivity contribution < 1.29 is 19.2 Å². The molecule has 21 heavy (non-hydrogen) atoms. The van der Waals surface area contributed by atoms with E-state index < -0.39 is 17.4 Å². The number of carbonyl (C=O) groups excluding carboxylic acids is 1. The molecule has 116 valence electrons. The van der Waals surface area contributed by atoms with Crippen LogP contribution in [0.25, 0.3) is 0 Å². The molecule has 0 bridgehead atoms. The fourth-order valence-corrected chi connectivity index (χ4v) is 2.67. The predicted molar refractivity (Wildman–Crippen MR) is 76.1 cm³/mol. The third-order valence-corrected chi connectivity index (χ3v) is 4.05. The lowest BCUT2D eigenvalue weighted by Gasteiger charge is -2.28. The normalized spacial score (nSPS) is 18.2. The molecule has 0 atom stereocenters. The molecule has 0 aliphatic heterocycles. The number of hydrogen-bond acceptors (Lipinski definition) is 4. The van der Waals surface area contributed by atoms with Crippen molar-refractivity contribution in [3.8, 4) is 0 Å². The summed E-state index contributed by atoms with van der Waals surface area (Å²) in [5.74, 6) is -0.698. The van der Waals surface area contributed by atoms with Crippen LogP contribution < -0.4 is 5.32 Å². The van der Waals surface area contributed by atoms with Gasteiger partial charge in [-0.05, 0) is 12.8 Å². The predicted octanol–water partition coefficient (Wildman–Crippen LogP) is 2.71. The summed E-state index contributed by atoms with van der Waals surface area (Å²) in [6.07, 6.45) is 4.55. The Bertz CT molecular complexity index is 513. The minimum Gasteiger partial charge on any atom is -0.480 e. The Kier molecular flexibility index (Phi) is 4.65. The van der Waals surface area contributed by atoms with Crippen molar-refractivity contribution in [1.82, 2.24) is 10.5 Å². The van der Waals surface area contributed by atoms with Crippen molar-refractivity contribution in [2.24, 2.45) is 0 Å². The molecule has 1 heterocycles. The summed E-state index contributed by atoms with van der Waals surface area (Å²) in [6, 6.07) is 1.58. The number of aliphatic carboxylic acids is 1. The Morgan fingerprint density at radius 2 is 1.90 bits per heavy atom. The molecule has 1 fully saturated rings. The van der Waals surface area contributed by atoms with Gasteiger partial charge in [-0.1, -0.05) is 44.7 Å². The van der Waals surface area contributed by atoms with Gasteiger partial charge in [0.25, 0.3) is 5.91 Å². The molecular formula is C15H22N2O4. The van der Waals surface area contributed by atoms with Crippen LogP contribution in [0.4, 0.5) is 0 Å². The molecule has 0 saturated heterocycles. The largest absolute Gasteiger partial charge is 0.480 e. The SMILES string of the molecule is CC(C)c1cc(C(=O)NC2(C(=O)O)CCCCCC2)no1. The maximum Gasteiger partial charge on any atom is 0.329 e. The second-order valence-electron chi connectivity index (χ2n) is 6.02. The first-order chi connectivity index (χ1) is 9.94. The first-order valence-electron chi connectivity index (χ1n) is 7.47. The number of carboxylic acids is 1. The van der Waals surface area contributed by atoms with Gasteiger partial charge in [-0.25, -0.2) is 4.79 Å². The van der Waals surface area contributed by atoms with Gasteiger partial charge in [0.1, 0.15) is 11.3 Å². The Balaban J connectivity index is 2.15. The Labute approximate surface area is 123 Å². The Hall–Kier alpha value is -1.85. The molecule has 2 rings (SSSR count). The first-order valence-corrected chi connectivity index (χ1v) is 7.47. The van der Waals surface area contributed by atoms with Crippen LogP contribution in [0.1, 0.15) is 74.5 Å². The summed E-state index contributed by atoms with van der Waals surface area (Å²) < 4.78 is 5.10. The molecule has 0 radical (unpaired) electrons. The highest BCUT2D eigenvalue weighted by molar-refractivity contribution is 5.96. The van der Waals surface area contributed by atoms with E-state index in [1.54, 1.807) is 6.07 Å². The molecule has 0 spiro atoms. The molecule has 1 saturated carbocycles. The summed E-state index contributed by atoms with van der Waals surface area (Å²) in [7, 11) is 0. The van der Waals surface area contributed by atoms with E-state index in [0.717, 1.165) is 25.7 Å². The second kappa shape index (κ2) is 6.28. The molecule has 0 aromatic carbocycles. The van der Waals surface area contributed by atoms with E-state index in [1.807, 2.05) is 13.8 Å². The van der Waals surface area contributed by atoms with Crippen molar-refractivity contribution in [2.75, 3.05) is 0 Å². The summed E-state index contributed by atoms with van der Waals surface area (Å²) in [4.78, 5) is 23.9.